The van der Waals surface area contributed by atoms with Gasteiger partial charge < -0.3 is 4.42 Å². The highest BCUT2D eigenvalue weighted by molar-refractivity contribution is 7.89. The Labute approximate surface area is 173 Å². The SMILES string of the molecule is Cc1nn(-c2ccccc2)c(Cl)c1CS(=O)(=O)Cc1coc(-c2ccccc2)n1. The molecule has 8 heteroatoms. The summed E-state index contributed by atoms with van der Waals surface area (Å²) < 4.78 is 32.6. The molecule has 0 N–H and O–H groups in total. The molecule has 0 spiro atoms. The van der Waals surface area contributed by atoms with Crippen molar-refractivity contribution in [2.45, 2.75) is 18.4 Å². The van der Waals surface area contributed by atoms with E-state index in [-0.39, 0.29) is 11.5 Å². The summed E-state index contributed by atoms with van der Waals surface area (Å²) in [7, 11) is -3.53. The van der Waals surface area contributed by atoms with Crippen LogP contribution in [0.1, 0.15) is 17.0 Å². The van der Waals surface area contributed by atoms with Crippen LogP contribution in [0.5, 0.6) is 0 Å². The molecule has 0 saturated carbocycles. The van der Waals surface area contributed by atoms with Crippen molar-refractivity contribution in [3.05, 3.63) is 89.0 Å². The second-order valence-corrected chi connectivity index (χ2v) is 9.07. The highest BCUT2D eigenvalue weighted by Gasteiger charge is 2.23. The van der Waals surface area contributed by atoms with Crippen molar-refractivity contribution in [2.24, 2.45) is 0 Å². The smallest absolute Gasteiger partial charge is 0.226 e. The average Bonchev–Trinajstić information content (AvgIpc) is 3.28. The summed E-state index contributed by atoms with van der Waals surface area (Å²) in [4.78, 5) is 4.31. The zero-order chi connectivity index (χ0) is 20.4. The molecule has 2 aromatic carbocycles. The number of benzene rings is 2. The maximum absolute atomic E-state index is 12.8. The predicted molar refractivity (Wildman–Crippen MR) is 112 cm³/mol. The summed E-state index contributed by atoms with van der Waals surface area (Å²) in [5.74, 6) is -0.0740. The number of halogens is 1. The Bertz CT molecular complexity index is 1230. The third-order valence-corrected chi connectivity index (χ3v) is 6.28. The first-order valence-electron chi connectivity index (χ1n) is 8.92. The summed E-state index contributed by atoms with van der Waals surface area (Å²) in [6, 6.07) is 18.7. The van der Waals surface area contributed by atoms with Crippen molar-refractivity contribution in [3.8, 4) is 17.1 Å². The van der Waals surface area contributed by atoms with Crippen LogP contribution in [0.3, 0.4) is 0 Å². The van der Waals surface area contributed by atoms with Gasteiger partial charge in [-0.1, -0.05) is 48.0 Å². The van der Waals surface area contributed by atoms with Gasteiger partial charge in [-0.2, -0.15) is 5.10 Å². The van der Waals surface area contributed by atoms with Crippen molar-refractivity contribution in [1.29, 1.82) is 0 Å². The molecule has 0 unspecified atom stereocenters. The molecule has 0 aliphatic carbocycles. The lowest BCUT2D eigenvalue weighted by molar-refractivity contribution is 0.571. The minimum Gasteiger partial charge on any atom is -0.444 e. The zero-order valence-corrected chi connectivity index (χ0v) is 17.2. The Morgan fingerprint density at radius 2 is 1.66 bits per heavy atom. The number of aromatic nitrogens is 3. The standard InChI is InChI=1S/C21H18ClN3O3S/c1-15-19(20(22)25(24-15)18-10-6-3-7-11-18)14-29(26,27)13-17-12-28-21(23-17)16-8-4-2-5-9-16/h2-12H,13-14H2,1H3. The minimum atomic E-state index is -3.53. The van der Waals surface area contributed by atoms with Gasteiger partial charge in [0.15, 0.2) is 9.84 Å². The zero-order valence-electron chi connectivity index (χ0n) is 15.6. The number of hydrogen-bond acceptors (Lipinski definition) is 5. The molecule has 4 aromatic rings. The Morgan fingerprint density at radius 1 is 1.00 bits per heavy atom. The number of oxazole rings is 1. The van der Waals surface area contributed by atoms with E-state index in [1.54, 1.807) is 11.6 Å². The third-order valence-electron chi connectivity index (χ3n) is 4.43. The number of rotatable bonds is 6. The maximum atomic E-state index is 12.8. The van der Waals surface area contributed by atoms with E-state index in [2.05, 4.69) is 10.1 Å². The second-order valence-electron chi connectivity index (χ2n) is 6.64. The van der Waals surface area contributed by atoms with Gasteiger partial charge in [0.05, 0.1) is 28.6 Å². The molecular formula is C21H18ClN3O3S. The van der Waals surface area contributed by atoms with Crippen LogP contribution in [-0.2, 0) is 21.3 Å². The summed E-state index contributed by atoms with van der Waals surface area (Å²) in [5, 5.41) is 4.70. The van der Waals surface area contributed by atoms with Gasteiger partial charge in [-0.3, -0.25) is 0 Å². The first-order valence-corrected chi connectivity index (χ1v) is 11.1. The summed E-state index contributed by atoms with van der Waals surface area (Å²) in [6.45, 7) is 1.75. The van der Waals surface area contributed by atoms with Crippen LogP contribution in [0.4, 0.5) is 0 Å². The Balaban J connectivity index is 1.56. The van der Waals surface area contributed by atoms with Crippen LogP contribution in [0.2, 0.25) is 5.15 Å². The van der Waals surface area contributed by atoms with Crippen LogP contribution in [0.25, 0.3) is 17.1 Å². The lowest BCUT2D eigenvalue weighted by Crippen LogP contribution is -2.09. The fraction of sp³-hybridized carbons (Fsp3) is 0.143. The molecule has 0 fully saturated rings. The second kappa shape index (κ2) is 7.85. The van der Waals surface area contributed by atoms with Crippen molar-refractivity contribution in [3.63, 3.8) is 0 Å². The molecule has 2 aromatic heterocycles. The lowest BCUT2D eigenvalue weighted by Gasteiger charge is -2.04. The molecule has 0 atom stereocenters. The predicted octanol–water partition coefficient (Wildman–Crippen LogP) is 4.60. The number of nitrogens with zero attached hydrogens (tertiary/aromatic N) is 3. The molecular weight excluding hydrogens is 410 g/mol. The normalized spacial score (nSPS) is 11.7. The summed E-state index contributed by atoms with van der Waals surface area (Å²) in [5.41, 5.74) is 2.98. The van der Waals surface area contributed by atoms with Gasteiger partial charge in [0.25, 0.3) is 0 Å². The highest BCUT2D eigenvalue weighted by atomic mass is 35.5. The Hall–Kier alpha value is -2.90. The van der Waals surface area contributed by atoms with E-state index >= 15 is 0 Å². The van der Waals surface area contributed by atoms with Gasteiger partial charge >= 0.3 is 0 Å². The monoisotopic (exact) mass is 427 g/mol. The van der Waals surface area contributed by atoms with Crippen molar-refractivity contribution in [1.82, 2.24) is 14.8 Å². The maximum Gasteiger partial charge on any atom is 0.226 e. The van der Waals surface area contributed by atoms with Gasteiger partial charge in [-0.25, -0.2) is 18.1 Å². The first-order chi connectivity index (χ1) is 13.9. The van der Waals surface area contributed by atoms with E-state index in [1.807, 2.05) is 60.7 Å². The van der Waals surface area contributed by atoms with E-state index in [1.165, 1.54) is 6.26 Å². The van der Waals surface area contributed by atoms with E-state index in [0.29, 0.717) is 28.0 Å². The molecule has 0 aliphatic heterocycles. The van der Waals surface area contributed by atoms with Crippen LogP contribution in [0.15, 0.2) is 71.3 Å². The third kappa shape index (κ3) is 4.26. The van der Waals surface area contributed by atoms with Crippen LogP contribution >= 0.6 is 11.6 Å². The molecule has 0 radical (unpaired) electrons. The van der Waals surface area contributed by atoms with Gasteiger partial charge in [0.2, 0.25) is 5.89 Å². The van der Waals surface area contributed by atoms with Gasteiger partial charge in [-0.05, 0) is 31.2 Å². The van der Waals surface area contributed by atoms with Gasteiger partial charge in [0, 0.05) is 11.1 Å². The molecule has 0 saturated heterocycles. The fourth-order valence-electron chi connectivity index (χ4n) is 3.02. The van der Waals surface area contributed by atoms with Crippen molar-refractivity contribution < 1.29 is 12.8 Å². The van der Waals surface area contributed by atoms with Gasteiger partial charge in [-0.15, -0.1) is 0 Å². The van der Waals surface area contributed by atoms with Crippen LogP contribution in [0, 0.1) is 6.92 Å². The molecule has 148 valence electrons. The van der Waals surface area contributed by atoms with E-state index in [9.17, 15) is 8.42 Å². The Kier molecular flexibility index (Phi) is 5.25. The Morgan fingerprint density at radius 3 is 2.34 bits per heavy atom. The molecule has 6 nitrogen and oxygen atoms in total. The lowest BCUT2D eigenvalue weighted by atomic mass is 10.2. The summed E-state index contributed by atoms with van der Waals surface area (Å²) >= 11 is 6.46. The molecule has 29 heavy (non-hydrogen) atoms. The van der Waals surface area contributed by atoms with E-state index in [4.69, 9.17) is 16.0 Å². The molecule has 4 rings (SSSR count). The van der Waals surface area contributed by atoms with Crippen molar-refractivity contribution in [2.75, 3.05) is 0 Å². The molecule has 0 aliphatic rings. The van der Waals surface area contributed by atoms with Crippen molar-refractivity contribution >= 4 is 21.4 Å². The number of para-hydroxylation sites is 1. The highest BCUT2D eigenvalue weighted by Crippen LogP contribution is 2.27. The molecule has 2 heterocycles. The minimum absolute atomic E-state index is 0.224. The average molecular weight is 428 g/mol. The number of hydrogen-bond donors (Lipinski definition) is 0. The van der Waals surface area contributed by atoms with E-state index < -0.39 is 9.84 Å². The van der Waals surface area contributed by atoms with Crippen LogP contribution in [-0.4, -0.2) is 23.2 Å². The largest absolute Gasteiger partial charge is 0.444 e. The van der Waals surface area contributed by atoms with E-state index in [0.717, 1.165) is 11.3 Å². The number of sulfone groups is 1. The quantitative estimate of drug-likeness (QED) is 0.449. The molecule has 0 bridgehead atoms. The van der Waals surface area contributed by atoms with Crippen LogP contribution < -0.4 is 0 Å². The number of aryl methyl sites for hydroxylation is 1. The topological polar surface area (TPSA) is 78.0 Å². The first kappa shape index (κ1) is 19.4. The van der Waals surface area contributed by atoms with Gasteiger partial charge in [0.1, 0.15) is 11.4 Å². The summed E-state index contributed by atoms with van der Waals surface area (Å²) in [6.07, 6.45) is 1.38. The molecule has 0 amide bonds. The fourth-order valence-corrected chi connectivity index (χ4v) is 4.91.